The molecule has 3 rings (SSSR count). The molecule has 3 heterocycles. The molecule has 0 amide bonds. The van der Waals surface area contributed by atoms with Crippen LogP contribution in [-0.4, -0.2) is 22.6 Å². The minimum Gasteiger partial charge on any atom is -0.461 e. The highest BCUT2D eigenvalue weighted by molar-refractivity contribution is 6.31. The number of hydrogen-bond acceptors (Lipinski definition) is 5. The topological polar surface area (TPSA) is 76.2 Å². The number of fused-ring (bicyclic) bond motifs is 1. The average molecular weight is 202 g/mol. The van der Waals surface area contributed by atoms with Crippen molar-refractivity contribution in [2.45, 2.75) is 0 Å². The largest absolute Gasteiger partial charge is 0.461 e. The molecule has 0 radical (unpaired) electrons. The van der Waals surface area contributed by atoms with E-state index in [0.717, 1.165) is 0 Å². The van der Waals surface area contributed by atoms with E-state index in [-0.39, 0.29) is 4.70 Å². The van der Waals surface area contributed by atoms with Crippen LogP contribution < -0.4 is 5.84 Å². The summed E-state index contributed by atoms with van der Waals surface area (Å²) in [5.74, 6) is 7.61. The first-order valence-corrected chi connectivity index (χ1v) is 4.39. The lowest BCUT2D eigenvalue weighted by Crippen LogP contribution is -2.49. The molecule has 1 aromatic rings. The lowest BCUT2D eigenvalue weighted by atomic mass is 10.4. The van der Waals surface area contributed by atoms with Gasteiger partial charge < -0.3 is 4.42 Å². The molecule has 0 aromatic carbocycles. The molecule has 6 heteroatoms. The van der Waals surface area contributed by atoms with Crippen LogP contribution in [0.25, 0.3) is 0 Å². The summed E-state index contributed by atoms with van der Waals surface area (Å²) in [5.41, 5.74) is 0. The Morgan fingerprint density at radius 1 is 1.40 bits per heavy atom. The van der Waals surface area contributed by atoms with E-state index in [1.54, 1.807) is 37.0 Å². The first-order valence-electron chi connectivity index (χ1n) is 4.39. The minimum absolute atomic E-state index is 0.195. The maximum absolute atomic E-state index is 5.96. The maximum atomic E-state index is 5.96. The van der Waals surface area contributed by atoms with Crippen LogP contribution in [0.4, 0.5) is 0 Å². The number of amidine groups is 2. The summed E-state index contributed by atoms with van der Waals surface area (Å²) in [5, 5.41) is 4.24. The summed E-state index contributed by atoms with van der Waals surface area (Å²) in [6.45, 7) is 0. The number of rotatable bonds is 1. The van der Waals surface area contributed by atoms with Crippen LogP contribution in [0.15, 0.2) is 50.3 Å². The predicted molar refractivity (Wildman–Crippen MR) is 54.8 cm³/mol. The molecular weight excluding hydrogens is 194 g/mol. The molecule has 0 fully saturated rings. The van der Waals surface area contributed by atoms with Crippen LogP contribution >= 0.6 is 0 Å². The van der Waals surface area contributed by atoms with Gasteiger partial charge in [-0.25, -0.2) is 0 Å². The zero-order valence-electron chi connectivity index (χ0n) is 7.74. The molecule has 1 atom stereocenters. The van der Waals surface area contributed by atoms with Gasteiger partial charge in [0.25, 0.3) is 11.7 Å². The van der Waals surface area contributed by atoms with Crippen LogP contribution in [-0.2, 0) is 0 Å². The Morgan fingerprint density at radius 3 is 3.07 bits per heavy atom. The Balaban J connectivity index is 2.09. The van der Waals surface area contributed by atoms with E-state index in [4.69, 9.17) is 10.3 Å². The molecule has 0 saturated heterocycles. The summed E-state index contributed by atoms with van der Waals surface area (Å²) >= 11 is 0. The van der Waals surface area contributed by atoms with Crippen LogP contribution in [0, 0.1) is 0 Å². The summed E-state index contributed by atoms with van der Waals surface area (Å²) < 4.78 is 5.00. The molecular formula is C9H8N5O+. The highest BCUT2D eigenvalue weighted by Crippen LogP contribution is 2.18. The Morgan fingerprint density at radius 2 is 2.33 bits per heavy atom. The summed E-state index contributed by atoms with van der Waals surface area (Å²) in [6, 6.07) is 3.56. The van der Waals surface area contributed by atoms with Crippen molar-refractivity contribution >= 4 is 17.9 Å². The van der Waals surface area contributed by atoms with Gasteiger partial charge in [-0.3, -0.25) is 4.99 Å². The van der Waals surface area contributed by atoms with Gasteiger partial charge in [0.1, 0.15) is 6.21 Å². The maximum Gasteiger partial charge on any atom is 0.300 e. The third kappa shape index (κ3) is 1.16. The fourth-order valence-corrected chi connectivity index (χ4v) is 1.41. The van der Waals surface area contributed by atoms with E-state index in [0.29, 0.717) is 17.4 Å². The lowest BCUT2D eigenvalue weighted by molar-refractivity contribution is -0.803. The molecule has 0 spiro atoms. The second-order valence-electron chi connectivity index (χ2n) is 3.19. The highest BCUT2D eigenvalue weighted by atomic mass is 16.3. The van der Waals surface area contributed by atoms with Crippen molar-refractivity contribution in [2.24, 2.45) is 20.9 Å². The van der Waals surface area contributed by atoms with E-state index >= 15 is 0 Å². The molecule has 2 N–H and O–H groups in total. The molecule has 2 aliphatic heterocycles. The highest BCUT2D eigenvalue weighted by Gasteiger charge is 2.37. The second kappa shape index (κ2) is 2.72. The van der Waals surface area contributed by atoms with Gasteiger partial charge in [0.15, 0.2) is 12.0 Å². The van der Waals surface area contributed by atoms with E-state index < -0.39 is 0 Å². The summed E-state index contributed by atoms with van der Waals surface area (Å²) in [7, 11) is 0. The zero-order chi connectivity index (χ0) is 10.3. The van der Waals surface area contributed by atoms with Crippen LogP contribution in [0.3, 0.4) is 0 Å². The molecule has 1 unspecified atom stereocenters. The molecule has 0 bridgehead atoms. The zero-order valence-corrected chi connectivity index (χ0v) is 7.74. The van der Waals surface area contributed by atoms with Gasteiger partial charge in [0.2, 0.25) is 0 Å². The van der Waals surface area contributed by atoms with E-state index in [2.05, 4.69) is 15.1 Å². The smallest absolute Gasteiger partial charge is 0.300 e. The summed E-state index contributed by atoms with van der Waals surface area (Å²) in [6.07, 6.45) is 6.39. The van der Waals surface area contributed by atoms with E-state index in [9.17, 15) is 0 Å². The Labute approximate surface area is 85.3 Å². The number of nitrogens with two attached hydrogens (primary N) is 1. The third-order valence-corrected chi connectivity index (χ3v) is 2.16. The lowest BCUT2D eigenvalue weighted by Gasteiger charge is -2.16. The first kappa shape index (κ1) is 8.27. The van der Waals surface area contributed by atoms with Crippen molar-refractivity contribution in [2.75, 3.05) is 0 Å². The van der Waals surface area contributed by atoms with Crippen molar-refractivity contribution in [3.8, 4) is 0 Å². The van der Waals surface area contributed by atoms with Gasteiger partial charge in [-0.05, 0) is 21.9 Å². The van der Waals surface area contributed by atoms with Crippen LogP contribution in [0.2, 0.25) is 0 Å². The van der Waals surface area contributed by atoms with Crippen molar-refractivity contribution in [3.63, 3.8) is 0 Å². The fraction of sp³-hybridized carbons (Fsp3) is 0. The van der Waals surface area contributed by atoms with Crippen molar-refractivity contribution in [1.29, 1.82) is 0 Å². The number of furan rings is 1. The van der Waals surface area contributed by atoms with Gasteiger partial charge in [-0.1, -0.05) is 0 Å². The predicted octanol–water partition coefficient (Wildman–Crippen LogP) is 0.599. The van der Waals surface area contributed by atoms with Crippen molar-refractivity contribution in [1.82, 2.24) is 0 Å². The van der Waals surface area contributed by atoms with Crippen LogP contribution in [0.5, 0.6) is 0 Å². The molecule has 74 valence electrons. The van der Waals surface area contributed by atoms with Gasteiger partial charge in [0, 0.05) is 0 Å². The number of quaternary nitrogens is 1. The molecule has 6 nitrogen and oxygen atoms in total. The monoisotopic (exact) mass is 202 g/mol. The third-order valence-electron chi connectivity index (χ3n) is 2.16. The first-order chi connectivity index (χ1) is 7.28. The van der Waals surface area contributed by atoms with Gasteiger partial charge in [-0.2, -0.15) is 4.99 Å². The second-order valence-corrected chi connectivity index (χ2v) is 3.19. The minimum atomic E-state index is -0.195. The molecule has 15 heavy (non-hydrogen) atoms. The molecule has 2 aliphatic rings. The average Bonchev–Trinajstić information content (AvgIpc) is 2.81. The standard InChI is InChI=1S/C9H8N5O/c10-14-4-3-11-6-8(14)12-9(13-14)7-2-1-5-15-7/h1-6H,10H2/q+1. The Bertz CT molecular complexity index is 511. The fourth-order valence-electron chi connectivity index (χ4n) is 1.41. The molecule has 0 saturated carbocycles. The number of aliphatic imine (C=N–C) groups is 2. The van der Waals surface area contributed by atoms with E-state index in [1.165, 1.54) is 0 Å². The number of nitrogens with zero attached hydrogens (tertiary/aromatic N) is 4. The Hall–Kier alpha value is -2.05. The Kier molecular flexibility index (Phi) is 1.50. The van der Waals surface area contributed by atoms with E-state index in [1.807, 2.05) is 0 Å². The molecule has 0 aliphatic carbocycles. The van der Waals surface area contributed by atoms with Gasteiger partial charge >= 0.3 is 0 Å². The summed E-state index contributed by atoms with van der Waals surface area (Å²) in [4.78, 5) is 8.19. The van der Waals surface area contributed by atoms with Gasteiger partial charge in [0.05, 0.1) is 12.5 Å². The normalized spacial score (nSPS) is 27.5. The van der Waals surface area contributed by atoms with Gasteiger partial charge in [-0.15, -0.1) is 5.84 Å². The molecule has 1 aromatic heterocycles. The number of hydrogen-bond donors (Lipinski definition) is 1. The SMILES string of the molecule is N[N+]12C=CN=CC1=NC(c1ccco1)=N2. The van der Waals surface area contributed by atoms with Crippen LogP contribution in [0.1, 0.15) is 5.76 Å². The quantitative estimate of drug-likeness (QED) is 0.534. The van der Waals surface area contributed by atoms with Crippen molar-refractivity contribution < 1.29 is 9.12 Å². The van der Waals surface area contributed by atoms with Crippen molar-refractivity contribution in [3.05, 3.63) is 36.6 Å².